The fraction of sp³-hybridized carbons (Fsp3) is 0.667. The zero-order valence-electron chi connectivity index (χ0n) is 8.55. The smallest absolute Gasteiger partial charge is 0.168 e. The van der Waals surface area contributed by atoms with E-state index in [1.54, 1.807) is 29.7 Å². The largest absolute Gasteiger partial charge is 0.369 e. The average Bonchev–Trinajstić information content (AvgIpc) is 2.65. The van der Waals surface area contributed by atoms with Crippen molar-refractivity contribution >= 4 is 17.5 Å². The minimum Gasteiger partial charge on any atom is -0.369 e. The van der Waals surface area contributed by atoms with E-state index in [1.807, 2.05) is 0 Å². The molecule has 0 aliphatic carbocycles. The van der Waals surface area contributed by atoms with Crippen LogP contribution in [0.1, 0.15) is 5.69 Å². The van der Waals surface area contributed by atoms with Gasteiger partial charge in [-0.1, -0.05) is 5.21 Å². The first kappa shape index (κ1) is 10.6. The van der Waals surface area contributed by atoms with Crippen LogP contribution in [-0.4, -0.2) is 45.0 Å². The van der Waals surface area contributed by atoms with Crippen LogP contribution in [0, 0.1) is 0 Å². The molecule has 2 rings (SSSR count). The maximum atomic E-state index is 11.8. The lowest BCUT2D eigenvalue weighted by atomic mass is 10.1. The molecule has 0 aromatic carbocycles. The summed E-state index contributed by atoms with van der Waals surface area (Å²) in [6.07, 6.45) is 1.82. The van der Waals surface area contributed by atoms with Gasteiger partial charge in [-0.05, 0) is 0 Å². The molecule has 6 heteroatoms. The lowest BCUT2D eigenvalue weighted by molar-refractivity contribution is -0.128. The van der Waals surface area contributed by atoms with E-state index in [9.17, 15) is 4.79 Å². The Labute approximate surface area is 92.2 Å². The third-order valence-electron chi connectivity index (χ3n) is 2.18. The molecule has 1 aromatic rings. The molecule has 0 amide bonds. The van der Waals surface area contributed by atoms with Gasteiger partial charge in [0, 0.05) is 24.8 Å². The summed E-state index contributed by atoms with van der Waals surface area (Å²) in [7, 11) is 1.79. The van der Waals surface area contributed by atoms with Crippen molar-refractivity contribution in [3.8, 4) is 0 Å². The molecule has 1 unspecified atom stereocenters. The lowest BCUT2D eigenvalue weighted by Gasteiger charge is -2.20. The van der Waals surface area contributed by atoms with E-state index in [0.29, 0.717) is 18.7 Å². The Morgan fingerprint density at radius 2 is 2.67 bits per heavy atom. The molecule has 1 fully saturated rings. The molecule has 1 aliphatic rings. The fourth-order valence-electron chi connectivity index (χ4n) is 1.44. The molecule has 1 aliphatic heterocycles. The van der Waals surface area contributed by atoms with Crippen molar-refractivity contribution in [2.75, 3.05) is 18.1 Å². The molecule has 15 heavy (non-hydrogen) atoms. The Balaban J connectivity index is 1.91. The summed E-state index contributed by atoms with van der Waals surface area (Å²) in [5.74, 6) is 1.84. The van der Waals surface area contributed by atoms with Gasteiger partial charge in [0.2, 0.25) is 0 Å². The van der Waals surface area contributed by atoms with E-state index in [2.05, 4.69) is 10.3 Å². The topological polar surface area (TPSA) is 57.0 Å². The van der Waals surface area contributed by atoms with E-state index in [4.69, 9.17) is 4.74 Å². The van der Waals surface area contributed by atoms with Crippen LogP contribution >= 0.6 is 11.8 Å². The molecule has 1 aromatic heterocycles. The van der Waals surface area contributed by atoms with E-state index in [0.717, 1.165) is 11.5 Å². The Kier molecular flexibility index (Phi) is 3.37. The number of hydrogen-bond acceptors (Lipinski definition) is 5. The second kappa shape index (κ2) is 4.76. The average molecular weight is 227 g/mol. The number of carbonyl (C=O) groups is 1. The van der Waals surface area contributed by atoms with Crippen LogP contribution in [0.2, 0.25) is 0 Å². The summed E-state index contributed by atoms with van der Waals surface area (Å²) in [4.78, 5) is 11.8. The van der Waals surface area contributed by atoms with Gasteiger partial charge in [0.25, 0.3) is 0 Å². The minimum atomic E-state index is -0.259. The quantitative estimate of drug-likeness (QED) is 0.730. The second-order valence-corrected chi connectivity index (χ2v) is 4.61. The van der Waals surface area contributed by atoms with Crippen molar-refractivity contribution in [3.63, 3.8) is 0 Å². The second-order valence-electron chi connectivity index (χ2n) is 3.46. The zero-order chi connectivity index (χ0) is 10.7. The molecule has 0 N–H and O–H groups in total. The van der Waals surface area contributed by atoms with Crippen LogP contribution < -0.4 is 0 Å². The Hall–Kier alpha value is -0.880. The maximum absolute atomic E-state index is 11.8. The van der Waals surface area contributed by atoms with Gasteiger partial charge in [-0.15, -0.1) is 5.10 Å². The summed E-state index contributed by atoms with van der Waals surface area (Å²) < 4.78 is 6.99. The number of hydrogen-bond donors (Lipinski definition) is 0. The Bertz CT molecular complexity index is 347. The number of nitrogens with zero attached hydrogens (tertiary/aromatic N) is 3. The van der Waals surface area contributed by atoms with Gasteiger partial charge < -0.3 is 4.74 Å². The van der Waals surface area contributed by atoms with Crippen LogP contribution in [0.25, 0.3) is 0 Å². The predicted octanol–water partition coefficient (Wildman–Crippen LogP) is 0.0587. The van der Waals surface area contributed by atoms with Crippen molar-refractivity contribution < 1.29 is 9.53 Å². The van der Waals surface area contributed by atoms with Gasteiger partial charge in [-0.2, -0.15) is 11.8 Å². The number of aromatic nitrogens is 3. The van der Waals surface area contributed by atoms with Gasteiger partial charge in [0.1, 0.15) is 6.10 Å². The third-order valence-corrected chi connectivity index (χ3v) is 3.17. The standard InChI is InChI=1S/C9H13N3O2S/c1-12-5-7(10-11-12)4-8(13)9-6-15-3-2-14-9/h5,9H,2-4,6H2,1H3. The van der Waals surface area contributed by atoms with Crippen LogP contribution in [0.15, 0.2) is 6.20 Å². The summed E-state index contributed by atoms with van der Waals surface area (Å²) in [5.41, 5.74) is 0.710. The highest BCUT2D eigenvalue weighted by molar-refractivity contribution is 7.99. The van der Waals surface area contributed by atoms with Gasteiger partial charge in [0.05, 0.1) is 18.7 Å². The molecule has 0 spiro atoms. The number of ketones is 1. The summed E-state index contributed by atoms with van der Waals surface area (Å²) in [6.45, 7) is 0.668. The molecule has 0 bridgehead atoms. The Morgan fingerprint density at radius 3 is 3.27 bits per heavy atom. The molecule has 5 nitrogen and oxygen atoms in total. The summed E-state index contributed by atoms with van der Waals surface area (Å²) >= 11 is 1.76. The fourth-order valence-corrected chi connectivity index (χ4v) is 2.32. The van der Waals surface area contributed by atoms with Crippen molar-refractivity contribution in [1.29, 1.82) is 0 Å². The summed E-state index contributed by atoms with van der Waals surface area (Å²) in [6, 6.07) is 0. The molecular formula is C9H13N3O2S. The van der Waals surface area contributed by atoms with Gasteiger partial charge in [-0.3, -0.25) is 9.48 Å². The number of rotatable bonds is 3. The summed E-state index contributed by atoms with van der Waals surface area (Å²) in [5, 5.41) is 7.66. The molecule has 2 heterocycles. The first-order valence-corrected chi connectivity index (χ1v) is 5.98. The van der Waals surface area contributed by atoms with Gasteiger partial charge in [0.15, 0.2) is 5.78 Å². The first-order valence-electron chi connectivity index (χ1n) is 4.83. The number of Topliss-reactive ketones (excluding diaryl/α,β-unsaturated/α-hetero) is 1. The molecule has 0 saturated carbocycles. The number of aryl methyl sites for hydroxylation is 1. The van der Waals surface area contributed by atoms with E-state index >= 15 is 0 Å². The van der Waals surface area contributed by atoms with Crippen molar-refractivity contribution in [2.45, 2.75) is 12.5 Å². The van der Waals surface area contributed by atoms with Crippen LogP contribution in [0.4, 0.5) is 0 Å². The van der Waals surface area contributed by atoms with Crippen molar-refractivity contribution in [1.82, 2.24) is 15.0 Å². The molecule has 1 saturated heterocycles. The van der Waals surface area contributed by atoms with Gasteiger partial charge in [-0.25, -0.2) is 0 Å². The maximum Gasteiger partial charge on any atom is 0.168 e. The van der Waals surface area contributed by atoms with E-state index in [1.165, 1.54) is 0 Å². The molecular weight excluding hydrogens is 214 g/mol. The van der Waals surface area contributed by atoms with Crippen molar-refractivity contribution in [3.05, 3.63) is 11.9 Å². The third kappa shape index (κ3) is 2.79. The van der Waals surface area contributed by atoms with E-state index in [-0.39, 0.29) is 11.9 Å². The zero-order valence-corrected chi connectivity index (χ0v) is 9.37. The minimum absolute atomic E-state index is 0.0997. The SMILES string of the molecule is Cn1cc(CC(=O)C2CSCCO2)nn1. The highest BCUT2D eigenvalue weighted by atomic mass is 32.2. The normalized spacial score (nSPS) is 21.5. The highest BCUT2D eigenvalue weighted by Crippen LogP contribution is 2.14. The van der Waals surface area contributed by atoms with Crippen LogP contribution in [-0.2, 0) is 23.0 Å². The van der Waals surface area contributed by atoms with E-state index < -0.39 is 0 Å². The van der Waals surface area contributed by atoms with Crippen LogP contribution in [0.3, 0.4) is 0 Å². The highest BCUT2D eigenvalue weighted by Gasteiger charge is 2.22. The van der Waals surface area contributed by atoms with Crippen molar-refractivity contribution in [2.24, 2.45) is 7.05 Å². The molecule has 82 valence electrons. The molecule has 0 radical (unpaired) electrons. The lowest BCUT2D eigenvalue weighted by Crippen LogP contribution is -2.32. The predicted molar refractivity (Wildman–Crippen MR) is 56.8 cm³/mol. The Morgan fingerprint density at radius 1 is 1.80 bits per heavy atom. The van der Waals surface area contributed by atoms with Crippen LogP contribution in [0.5, 0.6) is 0 Å². The number of carbonyl (C=O) groups excluding carboxylic acids is 1. The monoisotopic (exact) mass is 227 g/mol. The molecule has 1 atom stereocenters. The number of thioether (sulfide) groups is 1. The first-order chi connectivity index (χ1) is 7.25. The number of ether oxygens (including phenoxy) is 1. The van der Waals surface area contributed by atoms with Gasteiger partial charge >= 0.3 is 0 Å².